The van der Waals surface area contributed by atoms with Crippen molar-refractivity contribution in [2.75, 3.05) is 24.6 Å². The number of nitrogens with zero attached hydrogens (tertiary/aromatic N) is 4. The summed E-state index contributed by atoms with van der Waals surface area (Å²) in [5.74, 6) is 2.65. The molecule has 4 aromatic rings. The smallest absolute Gasteiger partial charge is 0.225 e. The van der Waals surface area contributed by atoms with Crippen LogP contribution in [-0.4, -0.2) is 65.8 Å². The average Bonchev–Trinajstić information content (AvgIpc) is 3.74. The fraction of sp³-hybridized carbons (Fsp3) is 0.438. The van der Waals surface area contributed by atoms with E-state index >= 15 is 0 Å². The number of aryl methyl sites for hydroxylation is 2. The van der Waals surface area contributed by atoms with E-state index < -0.39 is 0 Å². The van der Waals surface area contributed by atoms with Crippen molar-refractivity contribution in [1.29, 1.82) is 0 Å². The Labute approximate surface area is 264 Å². The lowest BCUT2D eigenvalue weighted by atomic mass is 10.1. The number of para-hydroxylation sites is 2. The predicted molar refractivity (Wildman–Crippen MR) is 181 cm³/mol. The van der Waals surface area contributed by atoms with Crippen LogP contribution < -0.4 is 0 Å². The third-order valence-electron chi connectivity index (χ3n) is 8.66. The van der Waals surface area contributed by atoms with Crippen molar-refractivity contribution in [1.82, 2.24) is 18.9 Å². The molecule has 0 spiro atoms. The number of thioether (sulfide) groups is 4. The summed E-state index contributed by atoms with van der Waals surface area (Å²) in [5.41, 5.74) is 5.04. The van der Waals surface area contributed by atoms with E-state index in [1.807, 2.05) is 47.0 Å². The van der Waals surface area contributed by atoms with Crippen molar-refractivity contribution in [2.24, 2.45) is 14.1 Å². The van der Waals surface area contributed by atoms with Gasteiger partial charge in [-0.15, -0.1) is 47.0 Å². The van der Waals surface area contributed by atoms with Gasteiger partial charge in [0.25, 0.3) is 0 Å². The van der Waals surface area contributed by atoms with Crippen LogP contribution in [0.15, 0.2) is 60.9 Å². The van der Waals surface area contributed by atoms with Crippen LogP contribution in [-0.2, 0) is 32.1 Å². The topological polar surface area (TPSA) is 50.5 Å². The van der Waals surface area contributed by atoms with Crippen molar-refractivity contribution in [3.8, 4) is 0 Å². The summed E-state index contributed by atoms with van der Waals surface area (Å²) in [6.07, 6.45) is 5.76. The van der Waals surface area contributed by atoms with Gasteiger partial charge in [-0.3, -0.25) is 9.59 Å². The summed E-state index contributed by atoms with van der Waals surface area (Å²) in [4.78, 5) is 29.2. The molecule has 2 aromatic carbocycles. The van der Waals surface area contributed by atoms with Crippen LogP contribution in [0.1, 0.15) is 37.8 Å². The number of aromatic nitrogens is 2. The molecule has 4 aliphatic rings. The number of amides is 2. The first-order chi connectivity index (χ1) is 20.2. The molecular formula is C32H36N4O2S4. The molecule has 6 nitrogen and oxygen atoms in total. The van der Waals surface area contributed by atoms with Crippen LogP contribution >= 0.6 is 47.0 Å². The highest BCUT2D eigenvalue weighted by Gasteiger charge is 2.53. The number of carbonyl (C=O) groups is 2. The van der Waals surface area contributed by atoms with E-state index in [0.29, 0.717) is 35.2 Å². The van der Waals surface area contributed by atoms with E-state index in [0.717, 1.165) is 24.6 Å². The maximum absolute atomic E-state index is 12.5. The second kappa shape index (κ2) is 10.8. The Balaban J connectivity index is 0.000000137. The molecule has 0 N–H and O–H groups in total. The predicted octanol–water partition coefficient (Wildman–Crippen LogP) is 6.78. The first-order valence-corrected chi connectivity index (χ1v) is 18.3. The summed E-state index contributed by atoms with van der Waals surface area (Å²) < 4.78 is 3.91. The second-order valence-electron chi connectivity index (χ2n) is 11.6. The Morgan fingerprint density at radius 1 is 0.667 bits per heavy atom. The van der Waals surface area contributed by atoms with Crippen LogP contribution in [0.4, 0.5) is 0 Å². The van der Waals surface area contributed by atoms with Crippen LogP contribution in [0.5, 0.6) is 0 Å². The molecule has 0 unspecified atom stereocenters. The monoisotopic (exact) mass is 636 g/mol. The molecule has 6 heterocycles. The summed E-state index contributed by atoms with van der Waals surface area (Å²) in [7, 11) is 4.18. The zero-order valence-corrected chi connectivity index (χ0v) is 27.7. The molecule has 0 radical (unpaired) electrons. The third kappa shape index (κ3) is 4.42. The number of rotatable bonds is 2. The number of hydrogen-bond acceptors (Lipinski definition) is 6. The Morgan fingerprint density at radius 2 is 1.07 bits per heavy atom. The quantitative estimate of drug-likeness (QED) is 0.242. The lowest BCUT2D eigenvalue weighted by Crippen LogP contribution is -2.46. The van der Waals surface area contributed by atoms with Crippen molar-refractivity contribution in [3.05, 3.63) is 72.1 Å². The van der Waals surface area contributed by atoms with Gasteiger partial charge in [0, 0.05) is 107 Å². The van der Waals surface area contributed by atoms with Crippen LogP contribution in [0.25, 0.3) is 21.8 Å². The Bertz CT molecular complexity index is 1580. The second-order valence-corrected chi connectivity index (χ2v) is 17.9. The van der Waals surface area contributed by atoms with Crippen LogP contribution in [0, 0.1) is 0 Å². The first kappa shape index (κ1) is 28.6. The molecule has 4 fully saturated rings. The zero-order chi connectivity index (χ0) is 29.2. The molecule has 2 amide bonds. The molecular weight excluding hydrogens is 601 g/mol. The molecule has 10 heteroatoms. The van der Waals surface area contributed by atoms with Gasteiger partial charge in [0.05, 0.1) is 0 Å². The maximum Gasteiger partial charge on any atom is 0.225 e. The minimum Gasteiger partial charge on any atom is -0.350 e. The molecule has 0 bridgehead atoms. The number of carbonyl (C=O) groups excluding carboxylic acids is 2. The number of benzene rings is 2. The van der Waals surface area contributed by atoms with Crippen molar-refractivity contribution in [2.45, 2.75) is 45.6 Å². The summed E-state index contributed by atoms with van der Waals surface area (Å²) in [6.45, 7) is 6.08. The molecule has 4 saturated heterocycles. The van der Waals surface area contributed by atoms with Gasteiger partial charge < -0.3 is 18.9 Å². The Kier molecular flexibility index (Phi) is 7.35. The van der Waals surface area contributed by atoms with E-state index in [2.05, 4.69) is 108 Å². The van der Waals surface area contributed by atoms with Crippen LogP contribution in [0.2, 0.25) is 0 Å². The minimum absolute atomic E-state index is 0.227. The van der Waals surface area contributed by atoms with Crippen molar-refractivity contribution < 1.29 is 9.59 Å². The first-order valence-electron chi connectivity index (χ1n) is 14.6. The van der Waals surface area contributed by atoms with E-state index in [1.54, 1.807) is 0 Å². The van der Waals surface area contributed by atoms with Gasteiger partial charge in [-0.25, -0.2) is 0 Å². The Morgan fingerprint density at radius 3 is 1.50 bits per heavy atom. The zero-order valence-electron chi connectivity index (χ0n) is 24.4. The van der Waals surface area contributed by atoms with E-state index in [4.69, 9.17) is 0 Å². The molecule has 0 aliphatic carbocycles. The van der Waals surface area contributed by atoms with Gasteiger partial charge >= 0.3 is 0 Å². The lowest BCUT2D eigenvalue weighted by molar-refractivity contribution is -0.133. The number of hydrogen-bond donors (Lipinski definition) is 0. The molecule has 42 heavy (non-hydrogen) atoms. The van der Waals surface area contributed by atoms with E-state index in [-0.39, 0.29) is 8.41 Å². The third-order valence-corrected chi connectivity index (χ3v) is 15.0. The Hall–Kier alpha value is -2.14. The van der Waals surface area contributed by atoms with Crippen LogP contribution in [0.3, 0.4) is 0 Å². The van der Waals surface area contributed by atoms with Gasteiger partial charge in [-0.05, 0) is 12.1 Å². The molecule has 4 atom stereocenters. The fourth-order valence-electron chi connectivity index (χ4n) is 6.87. The number of fused-ring (bicyclic) bond motifs is 4. The van der Waals surface area contributed by atoms with Gasteiger partial charge in [0.1, 0.15) is 0 Å². The van der Waals surface area contributed by atoms with Gasteiger partial charge in [0.2, 0.25) is 11.8 Å². The maximum atomic E-state index is 12.5. The van der Waals surface area contributed by atoms with E-state index in [1.165, 1.54) is 32.9 Å². The van der Waals surface area contributed by atoms with E-state index in [9.17, 15) is 9.59 Å². The molecule has 8 rings (SSSR count). The van der Waals surface area contributed by atoms with Gasteiger partial charge in [-0.1, -0.05) is 50.2 Å². The largest absolute Gasteiger partial charge is 0.350 e. The molecule has 4 aliphatic heterocycles. The fourth-order valence-corrected chi connectivity index (χ4v) is 14.1. The highest BCUT2D eigenvalue weighted by molar-refractivity contribution is 8.18. The van der Waals surface area contributed by atoms with Gasteiger partial charge in [0.15, 0.2) is 8.41 Å². The minimum atomic E-state index is -0.227. The van der Waals surface area contributed by atoms with Crippen molar-refractivity contribution >= 4 is 80.7 Å². The molecule has 0 saturated carbocycles. The highest BCUT2D eigenvalue weighted by atomic mass is 32.2. The van der Waals surface area contributed by atoms with Gasteiger partial charge in [-0.2, -0.15) is 0 Å². The van der Waals surface area contributed by atoms with Crippen molar-refractivity contribution in [3.63, 3.8) is 0 Å². The summed E-state index contributed by atoms with van der Waals surface area (Å²) in [6, 6.07) is 17.0. The summed E-state index contributed by atoms with van der Waals surface area (Å²) in [5, 5.41) is 3.29. The average molecular weight is 637 g/mol. The molecule has 220 valence electrons. The SMILES string of the molecule is C[C@H]1CC(=O)N2CCS[C@]2(c2cn(C)c3ccccc23)S1.C[C@H]1CC(=O)N2CCS[C@]2(c2cn(C)c3ccccc23)S1. The normalized spacial score (nSPS) is 29.1. The molecule has 2 aromatic heterocycles. The standard InChI is InChI=1S/2C16H18N2OS2/c2*1-11-9-15(19)18-7-8-20-16(18,21-11)13-10-17(2)14-6-4-3-5-12(13)14/h2*3-6,10-11H,7-9H2,1-2H3/t2*11-,16+/m00/s1. The highest BCUT2D eigenvalue weighted by Crippen LogP contribution is 2.60. The lowest BCUT2D eigenvalue weighted by Gasteiger charge is -2.43. The summed E-state index contributed by atoms with van der Waals surface area (Å²) >= 11 is 7.72.